The monoisotopic (exact) mass is 306 g/mol. The second-order valence-electron chi connectivity index (χ2n) is 4.93. The first-order valence-electron chi connectivity index (χ1n) is 5.99. The predicted octanol–water partition coefficient (Wildman–Crippen LogP) is 0.965. The molecule has 1 aliphatic heterocycles. The number of allylic oxidation sites excluding steroid dienone is 2. The van der Waals surface area contributed by atoms with Gasteiger partial charge in [-0.3, -0.25) is 9.80 Å². The minimum atomic E-state index is -3.23. The second kappa shape index (κ2) is 4.76. The highest BCUT2D eigenvalue weighted by molar-refractivity contribution is 5.92. The molecule has 2 aliphatic rings. The number of amides is 1. The molecule has 0 saturated heterocycles. The Bertz CT molecular complexity index is 570. The van der Waals surface area contributed by atoms with E-state index in [1.54, 1.807) is 0 Å². The van der Waals surface area contributed by atoms with E-state index in [4.69, 9.17) is 11.5 Å². The summed E-state index contributed by atoms with van der Waals surface area (Å²) in [5, 5.41) is 0.314. The van der Waals surface area contributed by atoms with Gasteiger partial charge >= 0.3 is 6.55 Å². The number of alkyl halides is 4. The van der Waals surface area contributed by atoms with Gasteiger partial charge in [0.1, 0.15) is 0 Å². The van der Waals surface area contributed by atoms with Crippen LogP contribution in [-0.4, -0.2) is 28.9 Å². The van der Waals surface area contributed by atoms with Crippen LogP contribution in [0.3, 0.4) is 0 Å². The zero-order chi connectivity index (χ0) is 16.0. The SMILES string of the molecule is CC1=CC(N)=C(C2(C(N)=O)C=CN(C(F)F)N2)CC1(F)F. The van der Waals surface area contributed by atoms with E-state index in [-0.39, 0.29) is 16.8 Å². The third-order valence-corrected chi connectivity index (χ3v) is 3.56. The predicted molar refractivity (Wildman–Crippen MR) is 66.6 cm³/mol. The summed E-state index contributed by atoms with van der Waals surface area (Å²) in [6.45, 7) is -1.77. The van der Waals surface area contributed by atoms with Gasteiger partial charge in [0.2, 0.25) is 5.91 Å². The highest BCUT2D eigenvalue weighted by Gasteiger charge is 2.50. The second-order valence-corrected chi connectivity index (χ2v) is 4.93. The fraction of sp³-hybridized carbons (Fsp3) is 0.417. The molecule has 0 radical (unpaired) electrons. The van der Waals surface area contributed by atoms with Crippen LogP contribution in [0.15, 0.2) is 35.2 Å². The van der Waals surface area contributed by atoms with Gasteiger partial charge < -0.3 is 11.5 Å². The number of nitrogens with two attached hydrogens (primary N) is 2. The molecular formula is C12H14F4N4O. The fourth-order valence-electron chi connectivity index (χ4n) is 2.29. The minimum absolute atomic E-state index is 0.0921. The van der Waals surface area contributed by atoms with Crippen molar-refractivity contribution < 1.29 is 22.4 Å². The van der Waals surface area contributed by atoms with Crippen LogP contribution in [0.1, 0.15) is 13.3 Å². The summed E-state index contributed by atoms with van der Waals surface area (Å²) >= 11 is 0. The fourth-order valence-corrected chi connectivity index (χ4v) is 2.29. The van der Waals surface area contributed by atoms with Crippen LogP contribution in [0.4, 0.5) is 17.6 Å². The number of carbonyl (C=O) groups is 1. The molecule has 116 valence electrons. The third kappa shape index (κ3) is 2.37. The van der Waals surface area contributed by atoms with Crippen LogP contribution >= 0.6 is 0 Å². The van der Waals surface area contributed by atoms with Gasteiger partial charge in [-0.15, -0.1) is 0 Å². The van der Waals surface area contributed by atoms with Crippen molar-refractivity contribution in [1.29, 1.82) is 0 Å². The Balaban J connectivity index is 2.49. The van der Waals surface area contributed by atoms with Gasteiger partial charge in [-0.1, -0.05) is 0 Å². The van der Waals surface area contributed by atoms with E-state index in [1.165, 1.54) is 6.92 Å². The van der Waals surface area contributed by atoms with Crippen molar-refractivity contribution in [3.8, 4) is 0 Å². The first-order chi connectivity index (χ1) is 9.60. The van der Waals surface area contributed by atoms with E-state index in [9.17, 15) is 22.4 Å². The van der Waals surface area contributed by atoms with Gasteiger partial charge in [0.15, 0.2) is 5.54 Å². The number of primary amides is 1. The molecule has 0 aromatic carbocycles. The van der Waals surface area contributed by atoms with Crippen LogP contribution in [0.2, 0.25) is 0 Å². The van der Waals surface area contributed by atoms with Gasteiger partial charge in [0.25, 0.3) is 5.92 Å². The molecule has 21 heavy (non-hydrogen) atoms. The van der Waals surface area contributed by atoms with Gasteiger partial charge in [0, 0.05) is 18.3 Å². The van der Waals surface area contributed by atoms with Crippen LogP contribution in [0, 0.1) is 0 Å². The maximum Gasteiger partial charge on any atom is 0.327 e. The molecule has 1 atom stereocenters. The number of nitrogens with one attached hydrogen (secondary N) is 1. The lowest BCUT2D eigenvalue weighted by Gasteiger charge is -2.35. The summed E-state index contributed by atoms with van der Waals surface area (Å²) in [6.07, 6.45) is 2.02. The molecule has 0 spiro atoms. The number of carbonyl (C=O) groups excluding carboxylic acids is 1. The summed E-state index contributed by atoms with van der Waals surface area (Å²) in [4.78, 5) is 11.7. The van der Waals surface area contributed by atoms with E-state index in [0.717, 1.165) is 18.4 Å². The number of hydrogen-bond donors (Lipinski definition) is 3. The number of hydrazine groups is 1. The van der Waals surface area contributed by atoms with Crippen LogP contribution in [-0.2, 0) is 4.79 Å². The van der Waals surface area contributed by atoms with E-state index in [0.29, 0.717) is 5.01 Å². The average molecular weight is 306 g/mol. The summed E-state index contributed by atoms with van der Waals surface area (Å²) in [7, 11) is 0. The average Bonchev–Trinajstić information content (AvgIpc) is 2.80. The molecule has 1 aliphatic carbocycles. The molecule has 1 heterocycles. The maximum absolute atomic E-state index is 13.8. The highest BCUT2D eigenvalue weighted by atomic mass is 19.3. The first-order valence-corrected chi connectivity index (χ1v) is 5.99. The Morgan fingerprint density at radius 2 is 2.10 bits per heavy atom. The van der Waals surface area contributed by atoms with Crippen molar-refractivity contribution >= 4 is 5.91 Å². The highest BCUT2D eigenvalue weighted by Crippen LogP contribution is 2.41. The smallest absolute Gasteiger partial charge is 0.327 e. The number of nitrogens with zero attached hydrogens (tertiary/aromatic N) is 1. The molecule has 2 rings (SSSR count). The Kier molecular flexibility index (Phi) is 3.48. The topological polar surface area (TPSA) is 84.4 Å². The molecule has 0 aromatic rings. The van der Waals surface area contributed by atoms with Crippen molar-refractivity contribution in [1.82, 2.24) is 10.4 Å². The van der Waals surface area contributed by atoms with Crippen LogP contribution < -0.4 is 16.9 Å². The zero-order valence-electron chi connectivity index (χ0n) is 11.0. The third-order valence-electron chi connectivity index (χ3n) is 3.56. The molecule has 1 amide bonds. The standard InChI is InChI=1S/C12H14F4N4O/c1-6-4-8(17)7(5-12(6,15)16)11(9(18)21)2-3-20(19-11)10(13)14/h2-4,10,19H,5,17H2,1H3,(H2,18,21). The normalized spacial score (nSPS) is 28.3. The van der Waals surface area contributed by atoms with E-state index in [2.05, 4.69) is 5.43 Å². The first kappa shape index (κ1) is 15.4. The minimum Gasteiger partial charge on any atom is -0.399 e. The summed E-state index contributed by atoms with van der Waals surface area (Å²) in [5.74, 6) is -4.32. The largest absolute Gasteiger partial charge is 0.399 e. The molecule has 0 saturated carbocycles. The van der Waals surface area contributed by atoms with Crippen molar-refractivity contribution in [3.05, 3.63) is 35.2 Å². The Labute approximate surface area is 117 Å². The Morgan fingerprint density at radius 1 is 1.48 bits per heavy atom. The van der Waals surface area contributed by atoms with Crippen molar-refractivity contribution in [2.24, 2.45) is 11.5 Å². The van der Waals surface area contributed by atoms with E-state index in [1.807, 2.05) is 0 Å². The lowest BCUT2D eigenvalue weighted by atomic mass is 9.80. The number of hydrogen-bond acceptors (Lipinski definition) is 4. The van der Waals surface area contributed by atoms with E-state index >= 15 is 0 Å². The molecule has 0 aromatic heterocycles. The van der Waals surface area contributed by atoms with Gasteiger partial charge in [0.05, 0.1) is 0 Å². The Hall–Kier alpha value is -2.03. The van der Waals surface area contributed by atoms with Gasteiger partial charge in [-0.25, -0.2) is 14.2 Å². The van der Waals surface area contributed by atoms with Gasteiger partial charge in [-0.05, 0) is 30.2 Å². The Morgan fingerprint density at radius 3 is 2.57 bits per heavy atom. The van der Waals surface area contributed by atoms with E-state index < -0.39 is 30.3 Å². The summed E-state index contributed by atoms with van der Waals surface area (Å²) in [6, 6.07) is 0. The summed E-state index contributed by atoms with van der Waals surface area (Å²) < 4.78 is 53.0. The number of halogens is 4. The number of rotatable bonds is 3. The van der Waals surface area contributed by atoms with Crippen molar-refractivity contribution in [3.63, 3.8) is 0 Å². The quantitative estimate of drug-likeness (QED) is 0.536. The molecule has 1 unspecified atom stereocenters. The van der Waals surface area contributed by atoms with Crippen LogP contribution in [0.5, 0.6) is 0 Å². The maximum atomic E-state index is 13.8. The van der Waals surface area contributed by atoms with Gasteiger partial charge in [-0.2, -0.15) is 8.78 Å². The molecule has 0 fully saturated rings. The summed E-state index contributed by atoms with van der Waals surface area (Å²) in [5.41, 5.74) is 10.5. The molecule has 0 bridgehead atoms. The van der Waals surface area contributed by atoms with Crippen LogP contribution in [0.25, 0.3) is 0 Å². The molecule has 5 N–H and O–H groups in total. The lowest BCUT2D eigenvalue weighted by molar-refractivity contribution is -0.124. The molecule has 5 nitrogen and oxygen atoms in total. The van der Waals surface area contributed by atoms with Crippen molar-refractivity contribution in [2.45, 2.75) is 31.4 Å². The zero-order valence-corrected chi connectivity index (χ0v) is 11.0. The molecular weight excluding hydrogens is 292 g/mol. The molecule has 9 heteroatoms. The lowest BCUT2D eigenvalue weighted by Crippen LogP contribution is -2.59. The van der Waals surface area contributed by atoms with Crippen molar-refractivity contribution in [2.75, 3.05) is 0 Å².